The fourth-order valence-electron chi connectivity index (χ4n) is 1.75. The molecule has 1 saturated carbocycles. The fourth-order valence-corrected chi connectivity index (χ4v) is 2.25. The summed E-state index contributed by atoms with van der Waals surface area (Å²) in [5.74, 6) is 0.445. The van der Waals surface area contributed by atoms with Gasteiger partial charge in [-0.05, 0) is 39.0 Å². The van der Waals surface area contributed by atoms with Gasteiger partial charge in [0.2, 0.25) is 0 Å². The van der Waals surface area contributed by atoms with Gasteiger partial charge < -0.3 is 5.11 Å². The average molecular weight is 223 g/mol. The highest BCUT2D eigenvalue weighted by Gasteiger charge is 2.37. The number of hydrogen-bond acceptors (Lipinski definition) is 1. The van der Waals surface area contributed by atoms with Crippen LogP contribution >= 0.6 is 23.2 Å². The molecule has 76 valence electrons. The van der Waals surface area contributed by atoms with Crippen molar-refractivity contribution in [1.82, 2.24) is 0 Å². The summed E-state index contributed by atoms with van der Waals surface area (Å²) in [6, 6.07) is 0. The van der Waals surface area contributed by atoms with Crippen LogP contribution < -0.4 is 0 Å². The van der Waals surface area contributed by atoms with Gasteiger partial charge in [-0.3, -0.25) is 0 Å². The van der Waals surface area contributed by atoms with Crippen LogP contribution in [0.15, 0.2) is 11.1 Å². The molecule has 3 heteroatoms. The summed E-state index contributed by atoms with van der Waals surface area (Å²) in [6.45, 7) is 3.82. The predicted molar refractivity (Wildman–Crippen MR) is 57.2 cm³/mol. The van der Waals surface area contributed by atoms with E-state index < -0.39 is 5.60 Å². The van der Waals surface area contributed by atoms with E-state index in [4.69, 9.17) is 23.2 Å². The van der Waals surface area contributed by atoms with Gasteiger partial charge in [-0.15, -0.1) is 11.6 Å². The third-order valence-corrected chi connectivity index (χ3v) is 3.97. The lowest BCUT2D eigenvalue weighted by Crippen LogP contribution is -2.41. The summed E-state index contributed by atoms with van der Waals surface area (Å²) in [4.78, 5) is 0. The number of aliphatic hydroxyl groups is 1. The van der Waals surface area contributed by atoms with E-state index in [9.17, 15) is 5.11 Å². The van der Waals surface area contributed by atoms with E-state index >= 15 is 0 Å². The van der Waals surface area contributed by atoms with Crippen LogP contribution in [-0.2, 0) is 0 Å². The van der Waals surface area contributed by atoms with Gasteiger partial charge in [-0.25, -0.2) is 0 Å². The molecule has 1 N–H and O–H groups in total. The first kappa shape index (κ1) is 11.4. The maximum absolute atomic E-state index is 9.83. The second-order valence-electron chi connectivity index (χ2n) is 4.15. The highest BCUT2D eigenvalue weighted by molar-refractivity contribution is 6.25. The number of hydrogen-bond donors (Lipinski definition) is 1. The molecule has 0 radical (unpaired) electrons. The Labute approximate surface area is 89.7 Å². The van der Waals surface area contributed by atoms with E-state index in [1.807, 2.05) is 6.92 Å². The minimum Gasteiger partial charge on any atom is -0.389 e. The van der Waals surface area contributed by atoms with E-state index in [2.05, 4.69) is 0 Å². The Kier molecular flexibility index (Phi) is 3.67. The van der Waals surface area contributed by atoms with Crippen molar-refractivity contribution in [2.45, 2.75) is 44.1 Å². The van der Waals surface area contributed by atoms with Crippen molar-refractivity contribution >= 4 is 23.2 Å². The highest BCUT2D eigenvalue weighted by atomic mass is 35.5. The van der Waals surface area contributed by atoms with Gasteiger partial charge in [0.25, 0.3) is 0 Å². The molecule has 1 nitrogen and oxygen atoms in total. The first-order chi connectivity index (χ1) is 5.97. The normalized spacial score (nSPS) is 42.1. The monoisotopic (exact) mass is 222 g/mol. The van der Waals surface area contributed by atoms with E-state index in [0.717, 1.165) is 19.3 Å². The van der Waals surface area contributed by atoms with E-state index in [1.54, 1.807) is 12.5 Å². The molecule has 1 aliphatic rings. The molecule has 0 aromatic carbocycles. The molecule has 1 fully saturated rings. The van der Waals surface area contributed by atoms with Crippen LogP contribution in [0.5, 0.6) is 0 Å². The maximum Gasteiger partial charge on any atom is 0.0783 e. The van der Waals surface area contributed by atoms with Crippen molar-refractivity contribution in [2.75, 3.05) is 0 Å². The Bertz CT molecular complexity index is 211. The molecule has 0 bridgehead atoms. The van der Waals surface area contributed by atoms with E-state index in [0.29, 0.717) is 5.92 Å². The van der Waals surface area contributed by atoms with Crippen molar-refractivity contribution in [3.05, 3.63) is 11.1 Å². The summed E-state index contributed by atoms with van der Waals surface area (Å²) in [6.07, 6.45) is 2.56. The lowest BCUT2D eigenvalue weighted by Gasteiger charge is -2.37. The molecule has 13 heavy (non-hydrogen) atoms. The zero-order chi connectivity index (χ0) is 10.1. The molecule has 0 spiro atoms. The molecule has 0 aromatic rings. The standard InChI is InChI=1S/C10H16Cl2O/c1-7(6-11)8-3-4-10(2,13)9(12)5-8/h6,8-9,13H,3-5H2,1-2H3/b7-6+/t8-,9-,10-/m1/s1. The lowest BCUT2D eigenvalue weighted by molar-refractivity contribution is 0.0170. The SMILES string of the molecule is C/C(=C\Cl)[C@@H]1CC[C@@](C)(O)[C@H](Cl)C1. The van der Waals surface area contributed by atoms with Crippen molar-refractivity contribution in [2.24, 2.45) is 5.92 Å². The van der Waals surface area contributed by atoms with Gasteiger partial charge in [0.1, 0.15) is 0 Å². The maximum atomic E-state index is 9.83. The molecule has 0 aliphatic heterocycles. The molecule has 0 amide bonds. The summed E-state index contributed by atoms with van der Waals surface area (Å²) in [7, 11) is 0. The van der Waals surface area contributed by atoms with Crippen molar-refractivity contribution in [1.29, 1.82) is 0 Å². The molecule has 0 heterocycles. The summed E-state index contributed by atoms with van der Waals surface area (Å²) in [5.41, 5.74) is 2.08. The van der Waals surface area contributed by atoms with Crippen LogP contribution in [0.25, 0.3) is 0 Å². The first-order valence-electron chi connectivity index (χ1n) is 4.60. The zero-order valence-electron chi connectivity index (χ0n) is 8.06. The molecular formula is C10H16Cl2O. The average Bonchev–Trinajstić information content (AvgIpc) is 2.08. The van der Waals surface area contributed by atoms with Crippen LogP contribution in [0.2, 0.25) is 0 Å². The van der Waals surface area contributed by atoms with Crippen LogP contribution in [-0.4, -0.2) is 16.1 Å². The van der Waals surface area contributed by atoms with Gasteiger partial charge in [0.15, 0.2) is 0 Å². The summed E-state index contributed by atoms with van der Waals surface area (Å²) in [5, 5.41) is 9.68. The molecule has 0 unspecified atom stereocenters. The summed E-state index contributed by atoms with van der Waals surface area (Å²) >= 11 is 11.7. The Hall–Kier alpha value is 0.280. The van der Waals surface area contributed by atoms with Gasteiger partial charge in [-0.1, -0.05) is 17.2 Å². The molecule has 1 aliphatic carbocycles. The van der Waals surface area contributed by atoms with E-state index in [-0.39, 0.29) is 5.38 Å². The Balaban J connectivity index is 2.61. The quantitative estimate of drug-likeness (QED) is 0.676. The Morgan fingerprint density at radius 2 is 2.23 bits per heavy atom. The fraction of sp³-hybridized carbons (Fsp3) is 0.800. The molecular weight excluding hydrogens is 207 g/mol. The molecule has 0 saturated heterocycles. The van der Waals surface area contributed by atoms with Gasteiger partial charge in [0.05, 0.1) is 11.0 Å². The largest absolute Gasteiger partial charge is 0.389 e. The third-order valence-electron chi connectivity index (χ3n) is 2.98. The van der Waals surface area contributed by atoms with Gasteiger partial charge in [-0.2, -0.15) is 0 Å². The second-order valence-corrected chi connectivity index (χ2v) is 4.89. The third kappa shape index (κ3) is 2.61. The highest BCUT2D eigenvalue weighted by Crippen LogP contribution is 2.38. The van der Waals surface area contributed by atoms with Gasteiger partial charge in [0, 0.05) is 5.54 Å². The molecule has 3 atom stereocenters. The van der Waals surface area contributed by atoms with Crippen molar-refractivity contribution in [3.63, 3.8) is 0 Å². The second kappa shape index (κ2) is 4.20. The van der Waals surface area contributed by atoms with Crippen LogP contribution in [0.4, 0.5) is 0 Å². The lowest BCUT2D eigenvalue weighted by atomic mass is 9.77. The molecule has 1 rings (SSSR count). The predicted octanol–water partition coefficient (Wildman–Crippen LogP) is 3.29. The first-order valence-corrected chi connectivity index (χ1v) is 5.48. The van der Waals surface area contributed by atoms with Gasteiger partial charge >= 0.3 is 0 Å². The van der Waals surface area contributed by atoms with Crippen LogP contribution in [0, 0.1) is 5.92 Å². The Morgan fingerprint density at radius 3 is 2.69 bits per heavy atom. The van der Waals surface area contributed by atoms with E-state index in [1.165, 1.54) is 5.57 Å². The molecule has 0 aromatic heterocycles. The van der Waals surface area contributed by atoms with Crippen LogP contribution in [0.3, 0.4) is 0 Å². The number of halogens is 2. The smallest absolute Gasteiger partial charge is 0.0783 e. The topological polar surface area (TPSA) is 20.2 Å². The zero-order valence-corrected chi connectivity index (χ0v) is 9.57. The van der Waals surface area contributed by atoms with Crippen molar-refractivity contribution < 1.29 is 5.11 Å². The number of rotatable bonds is 1. The van der Waals surface area contributed by atoms with Crippen molar-refractivity contribution in [3.8, 4) is 0 Å². The minimum atomic E-state index is -0.704. The number of allylic oxidation sites excluding steroid dienone is 1. The summed E-state index contributed by atoms with van der Waals surface area (Å²) < 4.78 is 0. The minimum absolute atomic E-state index is 0.155. The number of alkyl halides is 1. The Morgan fingerprint density at radius 1 is 1.62 bits per heavy atom. The van der Waals surface area contributed by atoms with Crippen LogP contribution in [0.1, 0.15) is 33.1 Å².